The highest BCUT2D eigenvalue weighted by molar-refractivity contribution is 9.10. The van der Waals surface area contributed by atoms with Gasteiger partial charge in [0, 0.05) is 17.8 Å². The van der Waals surface area contributed by atoms with E-state index in [-0.39, 0.29) is 5.91 Å². The molecule has 0 aliphatic rings. The molecule has 1 amide bonds. The smallest absolute Gasteiger partial charge is 0.248 e. The number of rotatable bonds is 6. The van der Waals surface area contributed by atoms with Crippen molar-refractivity contribution in [1.29, 1.82) is 0 Å². The van der Waals surface area contributed by atoms with E-state index in [2.05, 4.69) is 21.2 Å². The van der Waals surface area contributed by atoms with E-state index < -0.39 is 0 Å². The molecule has 0 saturated heterocycles. The zero-order valence-electron chi connectivity index (χ0n) is 13.6. The Bertz CT molecular complexity index is 759. The summed E-state index contributed by atoms with van der Waals surface area (Å²) in [6, 6.07) is 10.8. The van der Waals surface area contributed by atoms with Gasteiger partial charge in [-0.2, -0.15) is 0 Å². The summed E-state index contributed by atoms with van der Waals surface area (Å²) >= 11 is 3.42. The number of halogens is 1. The number of nitrogens with one attached hydrogen (secondary N) is 1. The summed E-state index contributed by atoms with van der Waals surface area (Å²) < 4.78 is 16.4. The number of hydrogen-bond donors (Lipinski definition) is 1. The summed E-state index contributed by atoms with van der Waals surface area (Å²) in [5.74, 6) is 1.63. The minimum absolute atomic E-state index is 0.242. The zero-order valence-corrected chi connectivity index (χ0v) is 15.2. The summed E-state index contributed by atoms with van der Waals surface area (Å²) in [5.41, 5.74) is 1.47. The highest BCUT2D eigenvalue weighted by Gasteiger charge is 2.09. The Morgan fingerprint density at radius 3 is 2.54 bits per heavy atom. The van der Waals surface area contributed by atoms with Gasteiger partial charge in [-0.25, -0.2) is 0 Å². The van der Waals surface area contributed by atoms with Crippen LogP contribution in [0.4, 0.5) is 5.69 Å². The fourth-order valence-electron chi connectivity index (χ4n) is 2.09. The number of ether oxygens (including phenoxy) is 3. The number of carbonyl (C=O) groups excluding carboxylic acids is 1. The number of hydrogen-bond acceptors (Lipinski definition) is 4. The van der Waals surface area contributed by atoms with E-state index in [1.807, 2.05) is 18.2 Å². The van der Waals surface area contributed by atoms with E-state index in [0.29, 0.717) is 22.9 Å². The summed E-state index contributed by atoms with van der Waals surface area (Å²) in [6.07, 6.45) is 3.15. The molecule has 0 saturated carbocycles. The van der Waals surface area contributed by atoms with Gasteiger partial charge in [-0.1, -0.05) is 6.07 Å². The standard InChI is InChI=1S/C18H18BrNO4/c1-22-14-6-4-5-13(11-14)20-17(21)8-7-12-9-15(19)18(24-3)16(10-12)23-2/h4-11H,1-3H3,(H,20,21)/b8-7+. The van der Waals surface area contributed by atoms with Gasteiger partial charge in [-0.05, 0) is 51.8 Å². The van der Waals surface area contributed by atoms with Crippen molar-refractivity contribution in [2.24, 2.45) is 0 Å². The molecular weight excluding hydrogens is 374 g/mol. The van der Waals surface area contributed by atoms with Crippen molar-refractivity contribution in [1.82, 2.24) is 0 Å². The SMILES string of the molecule is COc1cccc(NC(=O)/C=C/c2cc(Br)c(OC)c(OC)c2)c1. The first-order chi connectivity index (χ1) is 11.6. The van der Waals surface area contributed by atoms with E-state index in [1.54, 1.807) is 45.6 Å². The lowest BCUT2D eigenvalue weighted by atomic mass is 10.2. The highest BCUT2D eigenvalue weighted by atomic mass is 79.9. The second kappa shape index (κ2) is 8.40. The third kappa shape index (κ3) is 4.52. The molecule has 0 heterocycles. The van der Waals surface area contributed by atoms with Crippen LogP contribution in [-0.4, -0.2) is 27.2 Å². The van der Waals surface area contributed by atoms with Crippen molar-refractivity contribution in [2.75, 3.05) is 26.6 Å². The van der Waals surface area contributed by atoms with E-state index in [0.717, 1.165) is 10.0 Å². The van der Waals surface area contributed by atoms with Crippen LogP contribution >= 0.6 is 15.9 Å². The average Bonchev–Trinajstić information content (AvgIpc) is 2.59. The number of carbonyl (C=O) groups is 1. The molecule has 2 rings (SSSR count). The molecule has 0 radical (unpaired) electrons. The predicted octanol–water partition coefficient (Wildman–Crippen LogP) is 4.13. The predicted molar refractivity (Wildman–Crippen MR) is 97.9 cm³/mol. The van der Waals surface area contributed by atoms with Crippen LogP contribution in [0, 0.1) is 0 Å². The Hall–Kier alpha value is -2.47. The zero-order chi connectivity index (χ0) is 17.5. The van der Waals surface area contributed by atoms with E-state index in [1.165, 1.54) is 6.08 Å². The van der Waals surface area contributed by atoms with Crippen LogP contribution in [0.5, 0.6) is 17.2 Å². The van der Waals surface area contributed by atoms with Crippen LogP contribution in [0.15, 0.2) is 46.9 Å². The Morgan fingerprint density at radius 1 is 1.08 bits per heavy atom. The largest absolute Gasteiger partial charge is 0.497 e. The third-order valence-electron chi connectivity index (χ3n) is 3.22. The maximum absolute atomic E-state index is 12.0. The van der Waals surface area contributed by atoms with E-state index in [4.69, 9.17) is 14.2 Å². The van der Waals surface area contributed by atoms with Crippen molar-refractivity contribution >= 4 is 33.6 Å². The van der Waals surface area contributed by atoms with Crippen molar-refractivity contribution in [2.45, 2.75) is 0 Å². The van der Waals surface area contributed by atoms with Crippen molar-refractivity contribution < 1.29 is 19.0 Å². The third-order valence-corrected chi connectivity index (χ3v) is 3.81. The van der Waals surface area contributed by atoms with Gasteiger partial charge < -0.3 is 19.5 Å². The molecule has 0 fully saturated rings. The van der Waals surface area contributed by atoms with E-state index in [9.17, 15) is 4.79 Å². The Labute approximate surface area is 149 Å². The van der Waals surface area contributed by atoms with Gasteiger partial charge in [0.05, 0.1) is 25.8 Å². The van der Waals surface area contributed by atoms with Crippen molar-refractivity contribution in [3.63, 3.8) is 0 Å². The molecule has 126 valence electrons. The molecule has 0 spiro atoms. The number of methoxy groups -OCH3 is 3. The molecule has 0 aromatic heterocycles. The fourth-order valence-corrected chi connectivity index (χ4v) is 2.71. The normalized spacial score (nSPS) is 10.5. The number of benzene rings is 2. The quantitative estimate of drug-likeness (QED) is 0.752. The molecule has 2 aromatic rings. The first-order valence-corrected chi connectivity index (χ1v) is 7.91. The van der Waals surface area contributed by atoms with Crippen LogP contribution < -0.4 is 19.5 Å². The summed E-state index contributed by atoms with van der Waals surface area (Å²) in [7, 11) is 4.71. The van der Waals surface area contributed by atoms with Gasteiger partial charge in [0.1, 0.15) is 5.75 Å². The maximum Gasteiger partial charge on any atom is 0.248 e. The second-order valence-corrected chi connectivity index (χ2v) is 5.65. The monoisotopic (exact) mass is 391 g/mol. The fraction of sp³-hybridized carbons (Fsp3) is 0.167. The number of anilines is 1. The molecule has 2 aromatic carbocycles. The minimum Gasteiger partial charge on any atom is -0.497 e. The second-order valence-electron chi connectivity index (χ2n) is 4.79. The average molecular weight is 392 g/mol. The van der Waals surface area contributed by atoms with Gasteiger partial charge in [0.25, 0.3) is 0 Å². The molecule has 24 heavy (non-hydrogen) atoms. The minimum atomic E-state index is -0.242. The lowest BCUT2D eigenvalue weighted by molar-refractivity contribution is -0.111. The van der Waals surface area contributed by atoms with Crippen molar-refractivity contribution in [3.8, 4) is 17.2 Å². The lowest BCUT2D eigenvalue weighted by Crippen LogP contribution is -2.07. The van der Waals surface area contributed by atoms with Gasteiger partial charge in [0.15, 0.2) is 11.5 Å². The Morgan fingerprint density at radius 2 is 1.88 bits per heavy atom. The topological polar surface area (TPSA) is 56.8 Å². The van der Waals surface area contributed by atoms with Gasteiger partial charge in [0.2, 0.25) is 5.91 Å². The summed E-state index contributed by atoms with van der Waals surface area (Å²) in [5, 5.41) is 2.78. The van der Waals surface area contributed by atoms with Crippen LogP contribution in [0.25, 0.3) is 6.08 Å². The molecule has 0 aliphatic heterocycles. The summed E-state index contributed by atoms with van der Waals surface area (Å²) in [6.45, 7) is 0. The molecule has 6 heteroatoms. The Kier molecular flexibility index (Phi) is 6.26. The van der Waals surface area contributed by atoms with Gasteiger partial charge in [-0.3, -0.25) is 4.79 Å². The highest BCUT2D eigenvalue weighted by Crippen LogP contribution is 2.36. The number of amides is 1. The molecule has 0 unspecified atom stereocenters. The Balaban J connectivity index is 2.12. The molecule has 0 aliphatic carbocycles. The van der Waals surface area contributed by atoms with Gasteiger partial charge >= 0.3 is 0 Å². The molecular formula is C18H18BrNO4. The molecule has 0 bridgehead atoms. The molecule has 0 atom stereocenters. The maximum atomic E-state index is 12.0. The first kappa shape index (κ1) is 17.9. The first-order valence-electron chi connectivity index (χ1n) is 7.12. The summed E-state index contributed by atoms with van der Waals surface area (Å²) in [4.78, 5) is 12.0. The molecule has 1 N–H and O–H groups in total. The van der Waals surface area contributed by atoms with Crippen LogP contribution in [0.3, 0.4) is 0 Å². The van der Waals surface area contributed by atoms with Crippen LogP contribution in [0.2, 0.25) is 0 Å². The van der Waals surface area contributed by atoms with Crippen molar-refractivity contribution in [3.05, 3.63) is 52.5 Å². The van der Waals surface area contributed by atoms with E-state index >= 15 is 0 Å². The van der Waals surface area contributed by atoms with Crippen LogP contribution in [-0.2, 0) is 4.79 Å². The lowest BCUT2D eigenvalue weighted by Gasteiger charge is -2.10. The van der Waals surface area contributed by atoms with Gasteiger partial charge in [-0.15, -0.1) is 0 Å². The van der Waals surface area contributed by atoms with Crippen LogP contribution in [0.1, 0.15) is 5.56 Å². The molecule has 5 nitrogen and oxygen atoms in total.